The number of benzene rings is 1. The molecule has 0 bridgehead atoms. The Balaban J connectivity index is 1.36. The Morgan fingerprint density at radius 1 is 1.09 bits per heavy atom. The maximum absolute atomic E-state index is 6.26. The van der Waals surface area contributed by atoms with Gasteiger partial charge in [-0.2, -0.15) is 4.98 Å². The minimum atomic E-state index is 0.372. The van der Waals surface area contributed by atoms with Gasteiger partial charge in [-0.15, -0.1) is 0 Å². The standard InChI is InChI=1S/C23H25Cl2N5OS/c1-14-9-15(2)13-30(12-14)21-10-20(25)27-22(28-21)29-23(32)26-11-18-7-8-19(31-18)16-3-5-17(24)6-4-16/h3-8,10,14-15H,9,11-13H2,1-2H3,(H2,26,27,28,29,32). The molecule has 3 heterocycles. The Morgan fingerprint density at radius 2 is 1.81 bits per heavy atom. The first-order valence-corrected chi connectivity index (χ1v) is 11.7. The van der Waals surface area contributed by atoms with Gasteiger partial charge in [-0.3, -0.25) is 0 Å². The molecule has 0 saturated carbocycles. The number of halogens is 2. The Labute approximate surface area is 203 Å². The normalized spacial score (nSPS) is 18.4. The van der Waals surface area contributed by atoms with Crippen LogP contribution in [0.5, 0.6) is 0 Å². The van der Waals surface area contributed by atoms with E-state index in [1.165, 1.54) is 6.42 Å². The molecule has 2 atom stereocenters. The van der Waals surface area contributed by atoms with E-state index in [-0.39, 0.29) is 0 Å². The van der Waals surface area contributed by atoms with Crippen molar-refractivity contribution in [2.75, 3.05) is 23.3 Å². The summed E-state index contributed by atoms with van der Waals surface area (Å²) in [5.74, 6) is 3.92. The van der Waals surface area contributed by atoms with E-state index in [1.54, 1.807) is 6.07 Å². The number of aromatic nitrogens is 2. The zero-order chi connectivity index (χ0) is 22.7. The number of rotatable bonds is 5. The van der Waals surface area contributed by atoms with Crippen LogP contribution in [0.1, 0.15) is 26.0 Å². The summed E-state index contributed by atoms with van der Waals surface area (Å²) in [4.78, 5) is 11.2. The van der Waals surface area contributed by atoms with Gasteiger partial charge in [0, 0.05) is 29.7 Å². The summed E-state index contributed by atoms with van der Waals surface area (Å²) >= 11 is 17.6. The van der Waals surface area contributed by atoms with Crippen LogP contribution < -0.4 is 15.5 Å². The van der Waals surface area contributed by atoms with E-state index >= 15 is 0 Å². The largest absolute Gasteiger partial charge is 0.459 e. The fourth-order valence-electron chi connectivity index (χ4n) is 4.03. The summed E-state index contributed by atoms with van der Waals surface area (Å²) in [6.45, 7) is 6.85. The quantitative estimate of drug-likeness (QED) is 0.335. The molecule has 2 unspecified atom stereocenters. The van der Waals surface area contributed by atoms with Crippen molar-refractivity contribution >= 4 is 52.3 Å². The second kappa shape index (κ2) is 10.1. The second-order valence-electron chi connectivity index (χ2n) is 8.30. The van der Waals surface area contributed by atoms with Crippen LogP contribution in [0.2, 0.25) is 10.2 Å². The van der Waals surface area contributed by atoms with Gasteiger partial charge in [0.05, 0.1) is 6.54 Å². The van der Waals surface area contributed by atoms with Gasteiger partial charge in [-0.05, 0) is 66.9 Å². The molecule has 1 aliphatic heterocycles. The molecule has 1 aromatic carbocycles. The topological polar surface area (TPSA) is 66.2 Å². The van der Waals surface area contributed by atoms with Gasteiger partial charge in [-0.1, -0.05) is 37.0 Å². The Kier molecular flexibility index (Phi) is 7.18. The van der Waals surface area contributed by atoms with Crippen LogP contribution in [0.15, 0.2) is 46.9 Å². The molecule has 0 radical (unpaired) electrons. The summed E-state index contributed by atoms with van der Waals surface area (Å²) in [5, 5.41) is 7.61. The fourth-order valence-corrected chi connectivity index (χ4v) is 4.50. The third-order valence-electron chi connectivity index (χ3n) is 5.31. The van der Waals surface area contributed by atoms with Crippen molar-refractivity contribution in [2.45, 2.75) is 26.8 Å². The maximum atomic E-state index is 6.26. The molecule has 32 heavy (non-hydrogen) atoms. The number of hydrogen-bond acceptors (Lipinski definition) is 5. The van der Waals surface area contributed by atoms with E-state index in [0.29, 0.717) is 39.6 Å². The minimum Gasteiger partial charge on any atom is -0.459 e. The van der Waals surface area contributed by atoms with E-state index < -0.39 is 0 Å². The van der Waals surface area contributed by atoms with Crippen molar-refractivity contribution in [3.8, 4) is 11.3 Å². The van der Waals surface area contributed by atoms with Crippen LogP contribution in [-0.2, 0) is 6.54 Å². The molecular weight excluding hydrogens is 465 g/mol. The highest BCUT2D eigenvalue weighted by Crippen LogP contribution is 2.27. The van der Waals surface area contributed by atoms with Gasteiger partial charge < -0.3 is 20.0 Å². The van der Waals surface area contributed by atoms with Crippen molar-refractivity contribution in [3.05, 3.63) is 58.4 Å². The van der Waals surface area contributed by atoms with Crippen LogP contribution in [0.4, 0.5) is 11.8 Å². The van der Waals surface area contributed by atoms with E-state index in [0.717, 1.165) is 36.0 Å². The Bertz CT molecular complexity index is 1080. The van der Waals surface area contributed by atoms with Crippen LogP contribution in [0.3, 0.4) is 0 Å². The molecule has 3 aromatic rings. The molecule has 0 amide bonds. The van der Waals surface area contributed by atoms with E-state index in [2.05, 4.69) is 39.3 Å². The predicted molar refractivity (Wildman–Crippen MR) is 134 cm³/mol. The van der Waals surface area contributed by atoms with E-state index in [9.17, 15) is 0 Å². The predicted octanol–water partition coefficient (Wildman–Crippen LogP) is 6.01. The summed E-state index contributed by atoms with van der Waals surface area (Å²) in [6.07, 6.45) is 1.22. The monoisotopic (exact) mass is 489 g/mol. The lowest BCUT2D eigenvalue weighted by molar-refractivity contribution is 0.355. The lowest BCUT2D eigenvalue weighted by Crippen LogP contribution is -2.39. The van der Waals surface area contributed by atoms with Gasteiger partial charge in [0.15, 0.2) is 5.11 Å². The number of nitrogens with one attached hydrogen (secondary N) is 2. The zero-order valence-electron chi connectivity index (χ0n) is 17.9. The number of anilines is 2. The lowest BCUT2D eigenvalue weighted by Gasteiger charge is -2.35. The number of nitrogens with zero attached hydrogens (tertiary/aromatic N) is 3. The molecule has 0 aliphatic carbocycles. The SMILES string of the molecule is CC1CC(C)CN(c2cc(Cl)nc(NC(=S)NCc3ccc(-c4ccc(Cl)cc4)o3)n2)C1. The minimum absolute atomic E-state index is 0.372. The zero-order valence-corrected chi connectivity index (χ0v) is 20.3. The molecule has 168 valence electrons. The molecule has 0 spiro atoms. The highest BCUT2D eigenvalue weighted by molar-refractivity contribution is 7.80. The van der Waals surface area contributed by atoms with Crippen molar-refractivity contribution in [3.63, 3.8) is 0 Å². The number of hydrogen-bond donors (Lipinski definition) is 2. The molecular formula is C23H25Cl2N5OS. The highest BCUT2D eigenvalue weighted by atomic mass is 35.5. The molecule has 4 rings (SSSR count). The Morgan fingerprint density at radius 3 is 2.53 bits per heavy atom. The molecule has 1 fully saturated rings. The van der Waals surface area contributed by atoms with E-state index in [4.69, 9.17) is 39.8 Å². The van der Waals surface area contributed by atoms with Crippen LogP contribution in [0.25, 0.3) is 11.3 Å². The summed E-state index contributed by atoms with van der Waals surface area (Å²) in [5.41, 5.74) is 0.961. The number of piperidine rings is 1. The second-order valence-corrected chi connectivity index (χ2v) is 9.54. The molecule has 6 nitrogen and oxygen atoms in total. The third-order valence-corrected chi connectivity index (χ3v) is 6.01. The van der Waals surface area contributed by atoms with Gasteiger partial charge in [0.2, 0.25) is 5.95 Å². The third kappa shape index (κ3) is 5.91. The van der Waals surface area contributed by atoms with E-state index in [1.807, 2.05) is 36.4 Å². The Hall–Kier alpha value is -2.35. The molecule has 2 N–H and O–H groups in total. The van der Waals surface area contributed by atoms with Gasteiger partial charge in [-0.25, -0.2) is 4.98 Å². The van der Waals surface area contributed by atoms with Crippen molar-refractivity contribution in [2.24, 2.45) is 11.8 Å². The molecule has 2 aromatic heterocycles. The van der Waals surface area contributed by atoms with Gasteiger partial charge in [0.25, 0.3) is 0 Å². The van der Waals surface area contributed by atoms with Gasteiger partial charge in [0.1, 0.15) is 22.5 Å². The first-order valence-electron chi connectivity index (χ1n) is 10.5. The summed E-state index contributed by atoms with van der Waals surface area (Å²) in [6, 6.07) is 13.1. The molecule has 1 saturated heterocycles. The van der Waals surface area contributed by atoms with Crippen LogP contribution in [0, 0.1) is 11.8 Å². The smallest absolute Gasteiger partial charge is 0.232 e. The maximum Gasteiger partial charge on any atom is 0.232 e. The summed E-state index contributed by atoms with van der Waals surface area (Å²) < 4.78 is 5.90. The van der Waals surface area contributed by atoms with Crippen LogP contribution in [-0.4, -0.2) is 28.2 Å². The van der Waals surface area contributed by atoms with Crippen molar-refractivity contribution in [1.29, 1.82) is 0 Å². The number of thiocarbonyl (C=S) groups is 1. The first-order chi connectivity index (χ1) is 15.4. The lowest BCUT2D eigenvalue weighted by atomic mass is 9.92. The van der Waals surface area contributed by atoms with Gasteiger partial charge >= 0.3 is 0 Å². The molecule has 9 heteroatoms. The van der Waals surface area contributed by atoms with Crippen molar-refractivity contribution in [1.82, 2.24) is 15.3 Å². The van der Waals surface area contributed by atoms with Crippen LogP contribution >= 0.6 is 35.4 Å². The average molecular weight is 490 g/mol. The average Bonchev–Trinajstić information content (AvgIpc) is 3.21. The highest BCUT2D eigenvalue weighted by Gasteiger charge is 2.23. The summed E-state index contributed by atoms with van der Waals surface area (Å²) in [7, 11) is 0. The number of furan rings is 1. The molecule has 1 aliphatic rings. The first kappa shape index (κ1) is 22.8. The van der Waals surface area contributed by atoms with Crippen molar-refractivity contribution < 1.29 is 4.42 Å². The fraction of sp³-hybridized carbons (Fsp3) is 0.348.